The minimum absolute atomic E-state index is 0.347. The first kappa shape index (κ1) is 15.4. The molecule has 0 bridgehead atoms. The average molecular weight is 294 g/mol. The van der Waals surface area contributed by atoms with Crippen LogP contribution in [0.2, 0.25) is 0 Å². The lowest BCUT2D eigenvalue weighted by atomic mass is 10.2. The molecule has 1 fully saturated rings. The molecule has 1 N–H and O–H groups in total. The summed E-state index contributed by atoms with van der Waals surface area (Å²) in [4.78, 5) is 11.8. The molecular formula is C15H26N4S. The molecule has 5 heteroatoms. The molecule has 1 aromatic heterocycles. The molecule has 2 atom stereocenters. The predicted molar refractivity (Wildman–Crippen MR) is 89.0 cm³/mol. The van der Waals surface area contributed by atoms with Crippen LogP contribution in [0.25, 0.3) is 0 Å². The second-order valence-corrected chi connectivity index (χ2v) is 7.15. The van der Waals surface area contributed by atoms with Gasteiger partial charge in [-0.15, -0.1) is 0 Å². The van der Waals surface area contributed by atoms with Crippen molar-refractivity contribution in [2.24, 2.45) is 0 Å². The van der Waals surface area contributed by atoms with Gasteiger partial charge in [0.05, 0.1) is 0 Å². The van der Waals surface area contributed by atoms with Crippen molar-refractivity contribution in [2.75, 3.05) is 29.1 Å². The van der Waals surface area contributed by atoms with E-state index in [1.165, 1.54) is 5.75 Å². The summed E-state index contributed by atoms with van der Waals surface area (Å²) in [5.74, 6) is 4.46. The highest BCUT2D eigenvalue weighted by Crippen LogP contribution is 2.29. The Labute approximate surface area is 126 Å². The van der Waals surface area contributed by atoms with Crippen molar-refractivity contribution >= 4 is 23.4 Å². The Morgan fingerprint density at radius 3 is 2.80 bits per heavy atom. The van der Waals surface area contributed by atoms with E-state index in [4.69, 9.17) is 4.98 Å². The zero-order valence-electron chi connectivity index (χ0n) is 13.2. The third-order valence-corrected chi connectivity index (χ3v) is 5.12. The summed E-state index contributed by atoms with van der Waals surface area (Å²) in [6.07, 6.45) is 0. The summed E-state index contributed by atoms with van der Waals surface area (Å²) in [6.45, 7) is 12.9. The van der Waals surface area contributed by atoms with Crippen molar-refractivity contribution in [1.29, 1.82) is 0 Å². The van der Waals surface area contributed by atoms with Gasteiger partial charge in [0.1, 0.15) is 17.5 Å². The van der Waals surface area contributed by atoms with E-state index >= 15 is 0 Å². The molecule has 0 spiro atoms. The molecule has 1 aromatic rings. The van der Waals surface area contributed by atoms with Crippen LogP contribution in [0.1, 0.15) is 46.4 Å². The van der Waals surface area contributed by atoms with Gasteiger partial charge in [0.15, 0.2) is 0 Å². The minimum atomic E-state index is 0.347. The molecule has 1 aliphatic heterocycles. The van der Waals surface area contributed by atoms with Gasteiger partial charge in [-0.25, -0.2) is 9.97 Å². The standard InChI is InChI=1S/C15H26N4S/c1-6-16-13-9-14(18-15(17-13)10(2)3)19-7-8-20-12(5)11(19)4/h9-12H,6-8H2,1-5H3,(H,16,17,18). The maximum atomic E-state index is 4.79. The van der Waals surface area contributed by atoms with Crippen LogP contribution in [0.15, 0.2) is 6.07 Å². The highest BCUT2D eigenvalue weighted by molar-refractivity contribution is 8.00. The quantitative estimate of drug-likeness (QED) is 0.922. The van der Waals surface area contributed by atoms with Crippen molar-refractivity contribution in [2.45, 2.75) is 51.8 Å². The molecule has 2 rings (SSSR count). The fourth-order valence-corrected chi connectivity index (χ4v) is 3.49. The largest absolute Gasteiger partial charge is 0.370 e. The number of thioether (sulfide) groups is 1. The number of hydrogen-bond acceptors (Lipinski definition) is 5. The Bertz CT molecular complexity index is 449. The average Bonchev–Trinajstić information content (AvgIpc) is 2.42. The number of nitrogens with zero attached hydrogens (tertiary/aromatic N) is 3. The maximum Gasteiger partial charge on any atom is 0.135 e. The van der Waals surface area contributed by atoms with Crippen LogP contribution in [0.5, 0.6) is 0 Å². The molecule has 2 heterocycles. The van der Waals surface area contributed by atoms with Gasteiger partial charge in [0.2, 0.25) is 0 Å². The smallest absolute Gasteiger partial charge is 0.135 e. The molecule has 0 saturated carbocycles. The van der Waals surface area contributed by atoms with Crippen molar-refractivity contribution in [3.05, 3.63) is 11.9 Å². The van der Waals surface area contributed by atoms with E-state index in [1.54, 1.807) is 0 Å². The van der Waals surface area contributed by atoms with Gasteiger partial charge >= 0.3 is 0 Å². The second kappa shape index (κ2) is 6.66. The first-order valence-corrected chi connectivity index (χ1v) is 8.59. The first-order valence-electron chi connectivity index (χ1n) is 7.54. The van der Waals surface area contributed by atoms with E-state index in [-0.39, 0.29) is 0 Å². The topological polar surface area (TPSA) is 41.0 Å². The predicted octanol–water partition coefficient (Wildman–Crippen LogP) is 3.36. The van der Waals surface area contributed by atoms with Crippen LogP contribution in [0.3, 0.4) is 0 Å². The van der Waals surface area contributed by atoms with E-state index in [9.17, 15) is 0 Å². The first-order chi connectivity index (χ1) is 9.52. The molecule has 112 valence electrons. The lowest BCUT2D eigenvalue weighted by molar-refractivity contribution is 0.615. The highest BCUT2D eigenvalue weighted by Gasteiger charge is 2.27. The Balaban J connectivity index is 2.33. The third-order valence-electron chi connectivity index (χ3n) is 3.78. The lowest BCUT2D eigenvalue weighted by Crippen LogP contribution is -2.45. The van der Waals surface area contributed by atoms with E-state index in [1.807, 2.05) is 11.8 Å². The Morgan fingerprint density at radius 1 is 1.40 bits per heavy atom. The van der Waals surface area contributed by atoms with Gasteiger partial charge in [-0.3, -0.25) is 0 Å². The van der Waals surface area contributed by atoms with Crippen molar-refractivity contribution in [1.82, 2.24) is 9.97 Å². The van der Waals surface area contributed by atoms with Crippen LogP contribution >= 0.6 is 11.8 Å². The van der Waals surface area contributed by atoms with E-state index < -0.39 is 0 Å². The highest BCUT2D eigenvalue weighted by atomic mass is 32.2. The van der Waals surface area contributed by atoms with Crippen LogP contribution in [0, 0.1) is 0 Å². The number of anilines is 2. The number of rotatable bonds is 4. The molecule has 20 heavy (non-hydrogen) atoms. The van der Waals surface area contributed by atoms with Gasteiger partial charge in [-0.1, -0.05) is 20.8 Å². The fourth-order valence-electron chi connectivity index (χ4n) is 2.39. The molecular weight excluding hydrogens is 268 g/mol. The SMILES string of the molecule is CCNc1cc(N2CCSC(C)C2C)nc(C(C)C)n1. The summed E-state index contributed by atoms with van der Waals surface area (Å²) < 4.78 is 0. The van der Waals surface area contributed by atoms with Gasteiger partial charge in [0.25, 0.3) is 0 Å². The van der Waals surface area contributed by atoms with Crippen LogP contribution < -0.4 is 10.2 Å². The summed E-state index contributed by atoms with van der Waals surface area (Å²) in [5, 5.41) is 3.97. The molecule has 2 unspecified atom stereocenters. The Hall–Kier alpha value is -0.970. The van der Waals surface area contributed by atoms with Crippen LogP contribution in [-0.2, 0) is 0 Å². The molecule has 0 amide bonds. The Kier molecular flexibility index (Phi) is 5.13. The number of nitrogens with one attached hydrogen (secondary N) is 1. The van der Waals surface area contributed by atoms with E-state index in [0.717, 1.165) is 30.5 Å². The normalized spacial score (nSPS) is 23.2. The van der Waals surface area contributed by atoms with Gasteiger partial charge in [-0.2, -0.15) is 11.8 Å². The molecule has 0 aliphatic carbocycles. The summed E-state index contributed by atoms with van der Waals surface area (Å²) in [7, 11) is 0. The molecule has 1 saturated heterocycles. The summed E-state index contributed by atoms with van der Waals surface area (Å²) >= 11 is 2.05. The zero-order chi connectivity index (χ0) is 14.7. The maximum absolute atomic E-state index is 4.79. The number of hydrogen-bond donors (Lipinski definition) is 1. The molecule has 4 nitrogen and oxygen atoms in total. The third kappa shape index (κ3) is 3.37. The lowest BCUT2D eigenvalue weighted by Gasteiger charge is -2.38. The second-order valence-electron chi connectivity index (χ2n) is 5.66. The summed E-state index contributed by atoms with van der Waals surface area (Å²) in [5.41, 5.74) is 0. The van der Waals surface area contributed by atoms with Crippen molar-refractivity contribution in [3.8, 4) is 0 Å². The van der Waals surface area contributed by atoms with Crippen molar-refractivity contribution in [3.63, 3.8) is 0 Å². The van der Waals surface area contributed by atoms with Gasteiger partial charge in [-0.05, 0) is 13.8 Å². The van der Waals surface area contributed by atoms with Crippen LogP contribution in [0.4, 0.5) is 11.6 Å². The molecule has 0 aromatic carbocycles. The van der Waals surface area contributed by atoms with E-state index in [0.29, 0.717) is 17.2 Å². The van der Waals surface area contributed by atoms with E-state index in [2.05, 4.69) is 55.9 Å². The monoisotopic (exact) mass is 294 g/mol. The molecule has 0 radical (unpaired) electrons. The minimum Gasteiger partial charge on any atom is -0.370 e. The van der Waals surface area contributed by atoms with Crippen LogP contribution in [-0.4, -0.2) is 40.1 Å². The van der Waals surface area contributed by atoms with Gasteiger partial charge < -0.3 is 10.2 Å². The van der Waals surface area contributed by atoms with Gasteiger partial charge in [0, 0.05) is 42.1 Å². The zero-order valence-corrected chi connectivity index (χ0v) is 14.0. The fraction of sp³-hybridized carbons (Fsp3) is 0.733. The van der Waals surface area contributed by atoms with Crippen molar-refractivity contribution < 1.29 is 0 Å². The molecule has 1 aliphatic rings. The summed E-state index contributed by atoms with van der Waals surface area (Å²) in [6, 6.07) is 2.60. The Morgan fingerprint density at radius 2 is 2.15 bits per heavy atom. The number of aromatic nitrogens is 2.